The van der Waals surface area contributed by atoms with Gasteiger partial charge in [0, 0.05) is 13.0 Å². The van der Waals surface area contributed by atoms with E-state index in [0.29, 0.717) is 0 Å². The lowest BCUT2D eigenvalue weighted by atomic mass is 10.2. The van der Waals surface area contributed by atoms with Gasteiger partial charge >= 0.3 is 0 Å². The van der Waals surface area contributed by atoms with Crippen LogP contribution in [0.5, 0.6) is 0 Å². The molecule has 0 spiro atoms. The summed E-state index contributed by atoms with van der Waals surface area (Å²) in [6.45, 7) is 0.760. The molecule has 1 rings (SSSR count). The van der Waals surface area contributed by atoms with Crippen molar-refractivity contribution >= 4 is 5.91 Å². The number of primary amides is 1. The Bertz CT molecular complexity index is 306. The van der Waals surface area contributed by atoms with Crippen molar-refractivity contribution in [2.75, 3.05) is 0 Å². The summed E-state index contributed by atoms with van der Waals surface area (Å²) in [5.74, 6) is -0.317. The summed E-state index contributed by atoms with van der Waals surface area (Å²) in [5.41, 5.74) is 6.17. The predicted octanol–water partition coefficient (Wildman–Crippen LogP) is 1.17. The van der Waals surface area contributed by atoms with Crippen LogP contribution >= 0.6 is 0 Å². The Morgan fingerprint density at radius 1 is 1.36 bits per heavy atom. The Labute approximate surface area is 83.6 Å². The van der Waals surface area contributed by atoms with Gasteiger partial charge < -0.3 is 11.1 Å². The molecule has 0 atom stereocenters. The highest BCUT2D eigenvalue weighted by Gasteiger charge is 1.87. The minimum Gasteiger partial charge on any atom is -0.387 e. The molecule has 0 aromatic heterocycles. The Kier molecular flexibility index (Phi) is 4.27. The van der Waals surface area contributed by atoms with Gasteiger partial charge in [-0.05, 0) is 11.8 Å². The first-order valence-corrected chi connectivity index (χ1v) is 4.49. The second-order valence-electron chi connectivity index (χ2n) is 2.94. The molecule has 0 saturated heterocycles. The molecule has 0 unspecified atom stereocenters. The molecule has 0 aliphatic rings. The number of carbonyl (C=O) groups is 1. The van der Waals surface area contributed by atoms with Gasteiger partial charge in [-0.1, -0.05) is 36.4 Å². The summed E-state index contributed by atoms with van der Waals surface area (Å²) in [7, 11) is 0. The molecule has 0 saturated carbocycles. The summed E-state index contributed by atoms with van der Waals surface area (Å²) in [5, 5.41) is 3.07. The minimum absolute atomic E-state index is 0.280. The van der Waals surface area contributed by atoms with E-state index >= 15 is 0 Å². The molecule has 0 fully saturated rings. The molecule has 14 heavy (non-hydrogen) atoms. The first-order valence-electron chi connectivity index (χ1n) is 4.49. The van der Waals surface area contributed by atoms with E-state index in [9.17, 15) is 4.79 Å². The van der Waals surface area contributed by atoms with Crippen molar-refractivity contribution in [1.29, 1.82) is 0 Å². The Hall–Kier alpha value is -1.77. The van der Waals surface area contributed by atoms with Crippen LogP contribution in [0.1, 0.15) is 12.0 Å². The van der Waals surface area contributed by atoms with Gasteiger partial charge in [-0.2, -0.15) is 0 Å². The molecular formula is C11H14N2O. The highest BCUT2D eigenvalue weighted by molar-refractivity contribution is 5.75. The molecule has 74 valence electrons. The smallest absolute Gasteiger partial charge is 0.221 e. The zero-order valence-electron chi connectivity index (χ0n) is 7.94. The maximum absolute atomic E-state index is 10.4. The standard InChI is InChI=1S/C11H14N2O/c12-11(14)7-4-8-13-9-10-5-2-1-3-6-10/h1-6,8,13H,7,9H2,(H2,12,14). The fourth-order valence-corrected chi connectivity index (χ4v) is 1.03. The SMILES string of the molecule is NC(=O)CC=CNCc1ccccc1. The number of hydrogen-bond donors (Lipinski definition) is 2. The fourth-order valence-electron chi connectivity index (χ4n) is 1.03. The number of rotatable bonds is 5. The van der Waals surface area contributed by atoms with Crippen molar-refractivity contribution < 1.29 is 4.79 Å². The highest BCUT2D eigenvalue weighted by Crippen LogP contribution is 1.96. The third kappa shape index (κ3) is 4.30. The molecular weight excluding hydrogens is 176 g/mol. The van der Waals surface area contributed by atoms with Crippen LogP contribution in [0.15, 0.2) is 42.6 Å². The third-order valence-electron chi connectivity index (χ3n) is 1.70. The van der Waals surface area contributed by atoms with Gasteiger partial charge in [0.25, 0.3) is 0 Å². The topological polar surface area (TPSA) is 55.1 Å². The molecule has 0 aliphatic carbocycles. The lowest BCUT2D eigenvalue weighted by Crippen LogP contribution is -2.09. The van der Waals surface area contributed by atoms with Gasteiger partial charge in [-0.25, -0.2) is 0 Å². The van der Waals surface area contributed by atoms with E-state index in [1.54, 1.807) is 12.3 Å². The van der Waals surface area contributed by atoms with Crippen molar-refractivity contribution in [2.24, 2.45) is 5.73 Å². The van der Waals surface area contributed by atoms with Crippen LogP contribution in [0.3, 0.4) is 0 Å². The largest absolute Gasteiger partial charge is 0.387 e. The summed E-state index contributed by atoms with van der Waals surface area (Å²) in [6, 6.07) is 10.0. The fraction of sp³-hybridized carbons (Fsp3) is 0.182. The molecule has 0 heterocycles. The minimum atomic E-state index is -0.317. The molecule has 1 aromatic rings. The zero-order chi connectivity index (χ0) is 10.2. The van der Waals surface area contributed by atoms with E-state index in [1.165, 1.54) is 5.56 Å². The van der Waals surface area contributed by atoms with Gasteiger partial charge in [0.15, 0.2) is 0 Å². The van der Waals surface area contributed by atoms with Gasteiger partial charge in [0.1, 0.15) is 0 Å². The van der Waals surface area contributed by atoms with E-state index < -0.39 is 0 Å². The Morgan fingerprint density at radius 2 is 2.07 bits per heavy atom. The maximum Gasteiger partial charge on any atom is 0.221 e. The van der Waals surface area contributed by atoms with E-state index in [1.807, 2.05) is 30.3 Å². The lowest BCUT2D eigenvalue weighted by Gasteiger charge is -1.99. The summed E-state index contributed by atoms with van der Waals surface area (Å²) in [6.07, 6.45) is 3.74. The molecule has 0 aliphatic heterocycles. The van der Waals surface area contributed by atoms with Crippen molar-refractivity contribution in [3.8, 4) is 0 Å². The Morgan fingerprint density at radius 3 is 2.71 bits per heavy atom. The summed E-state index contributed by atoms with van der Waals surface area (Å²) in [4.78, 5) is 10.4. The van der Waals surface area contributed by atoms with Gasteiger partial charge in [-0.3, -0.25) is 4.79 Å². The van der Waals surface area contributed by atoms with Gasteiger partial charge in [0.05, 0.1) is 0 Å². The first-order chi connectivity index (χ1) is 6.79. The lowest BCUT2D eigenvalue weighted by molar-refractivity contribution is -0.117. The summed E-state index contributed by atoms with van der Waals surface area (Å²) < 4.78 is 0. The summed E-state index contributed by atoms with van der Waals surface area (Å²) >= 11 is 0. The number of hydrogen-bond acceptors (Lipinski definition) is 2. The highest BCUT2D eigenvalue weighted by atomic mass is 16.1. The molecule has 3 heteroatoms. The molecule has 1 amide bonds. The number of carbonyl (C=O) groups excluding carboxylic acids is 1. The maximum atomic E-state index is 10.4. The van der Waals surface area contributed by atoms with Crippen LogP contribution in [-0.2, 0) is 11.3 Å². The number of nitrogens with one attached hydrogen (secondary N) is 1. The molecule has 3 nitrogen and oxygen atoms in total. The van der Waals surface area contributed by atoms with Crippen LogP contribution in [0, 0.1) is 0 Å². The monoisotopic (exact) mass is 190 g/mol. The number of amides is 1. The number of nitrogens with two attached hydrogens (primary N) is 1. The van der Waals surface area contributed by atoms with Crippen LogP contribution in [0.25, 0.3) is 0 Å². The number of benzene rings is 1. The third-order valence-corrected chi connectivity index (χ3v) is 1.70. The average Bonchev–Trinajstić information content (AvgIpc) is 2.18. The van der Waals surface area contributed by atoms with Crippen molar-refractivity contribution in [3.05, 3.63) is 48.2 Å². The molecule has 0 bridgehead atoms. The van der Waals surface area contributed by atoms with Crippen LogP contribution < -0.4 is 11.1 Å². The zero-order valence-corrected chi connectivity index (χ0v) is 7.94. The van der Waals surface area contributed by atoms with Crippen molar-refractivity contribution in [3.63, 3.8) is 0 Å². The molecule has 1 aromatic carbocycles. The van der Waals surface area contributed by atoms with Crippen molar-refractivity contribution in [1.82, 2.24) is 5.32 Å². The predicted molar refractivity (Wildman–Crippen MR) is 56.2 cm³/mol. The van der Waals surface area contributed by atoms with E-state index in [-0.39, 0.29) is 12.3 Å². The van der Waals surface area contributed by atoms with Crippen LogP contribution in [0.4, 0.5) is 0 Å². The van der Waals surface area contributed by atoms with Crippen molar-refractivity contribution in [2.45, 2.75) is 13.0 Å². The second-order valence-corrected chi connectivity index (χ2v) is 2.94. The normalized spacial score (nSPS) is 10.3. The molecule has 3 N–H and O–H groups in total. The van der Waals surface area contributed by atoms with E-state index in [0.717, 1.165) is 6.54 Å². The van der Waals surface area contributed by atoms with Crippen LogP contribution in [-0.4, -0.2) is 5.91 Å². The van der Waals surface area contributed by atoms with E-state index in [2.05, 4.69) is 5.32 Å². The first kappa shape index (κ1) is 10.3. The average molecular weight is 190 g/mol. The van der Waals surface area contributed by atoms with E-state index in [4.69, 9.17) is 5.73 Å². The second kappa shape index (κ2) is 5.80. The van der Waals surface area contributed by atoms with Crippen LogP contribution in [0.2, 0.25) is 0 Å². The molecule has 0 radical (unpaired) electrons. The quantitative estimate of drug-likeness (QED) is 0.732. The Balaban J connectivity index is 2.22. The van der Waals surface area contributed by atoms with Gasteiger partial charge in [-0.15, -0.1) is 0 Å². The van der Waals surface area contributed by atoms with Gasteiger partial charge in [0.2, 0.25) is 5.91 Å².